The lowest BCUT2D eigenvalue weighted by Crippen LogP contribution is -2.20. The number of para-hydroxylation sites is 1. The van der Waals surface area contributed by atoms with Crippen molar-refractivity contribution in [2.24, 2.45) is 0 Å². The van der Waals surface area contributed by atoms with E-state index in [1.54, 1.807) is 30.3 Å². The number of hydrogen-bond acceptors (Lipinski definition) is 5. The Hall–Kier alpha value is -2.77. The van der Waals surface area contributed by atoms with Gasteiger partial charge in [0, 0.05) is 16.3 Å². The lowest BCUT2D eigenvalue weighted by Gasteiger charge is -2.10. The van der Waals surface area contributed by atoms with Crippen molar-refractivity contribution in [1.29, 1.82) is 0 Å². The Morgan fingerprint density at radius 1 is 1.19 bits per heavy atom. The first-order valence-corrected chi connectivity index (χ1v) is 8.73. The zero-order valence-corrected chi connectivity index (χ0v) is 14.9. The van der Waals surface area contributed by atoms with E-state index in [9.17, 15) is 14.4 Å². The quantitative estimate of drug-likeness (QED) is 0.763. The van der Waals surface area contributed by atoms with E-state index >= 15 is 0 Å². The molecule has 2 N–H and O–H groups in total. The zero-order valence-electron chi connectivity index (χ0n) is 13.3. The zero-order chi connectivity index (χ0) is 18.5. The number of thioether (sulfide) groups is 1. The molecule has 1 fully saturated rings. The number of anilines is 1. The second-order valence-corrected chi connectivity index (χ2v) is 6.69. The number of halogens is 1. The van der Waals surface area contributed by atoms with Gasteiger partial charge in [-0.2, -0.15) is 0 Å². The minimum absolute atomic E-state index is 0.217. The van der Waals surface area contributed by atoms with Crippen LogP contribution in [0, 0.1) is 0 Å². The molecule has 6 nitrogen and oxygen atoms in total. The number of benzene rings is 2. The predicted molar refractivity (Wildman–Crippen MR) is 101 cm³/mol. The first-order chi connectivity index (χ1) is 12.5. The minimum Gasteiger partial charge on any atom is -0.483 e. The molecule has 0 unspecified atom stereocenters. The van der Waals surface area contributed by atoms with Crippen molar-refractivity contribution in [2.75, 3.05) is 11.9 Å². The van der Waals surface area contributed by atoms with E-state index in [1.165, 1.54) is 6.08 Å². The van der Waals surface area contributed by atoms with Crippen LogP contribution < -0.4 is 15.4 Å². The predicted octanol–water partition coefficient (Wildman–Crippen LogP) is 3.68. The first-order valence-electron chi connectivity index (χ1n) is 7.53. The molecule has 0 aliphatic carbocycles. The molecule has 0 aromatic heterocycles. The minimum atomic E-state index is -0.479. The van der Waals surface area contributed by atoms with Gasteiger partial charge in [-0.1, -0.05) is 29.8 Å². The first kappa shape index (κ1) is 18.0. The van der Waals surface area contributed by atoms with Crippen LogP contribution in [-0.4, -0.2) is 23.7 Å². The number of hydrogen-bond donors (Lipinski definition) is 2. The molecule has 0 radical (unpaired) electrons. The Morgan fingerprint density at radius 3 is 2.65 bits per heavy atom. The van der Waals surface area contributed by atoms with Crippen LogP contribution >= 0.6 is 23.4 Å². The van der Waals surface area contributed by atoms with Gasteiger partial charge in [-0.05, 0) is 48.2 Å². The Labute approximate surface area is 158 Å². The Bertz CT molecular complexity index is 899. The van der Waals surface area contributed by atoms with Gasteiger partial charge < -0.3 is 10.1 Å². The topological polar surface area (TPSA) is 84.5 Å². The smallest absolute Gasteiger partial charge is 0.290 e. The summed E-state index contributed by atoms with van der Waals surface area (Å²) in [5, 5.41) is 4.89. The summed E-state index contributed by atoms with van der Waals surface area (Å²) < 4.78 is 5.56. The van der Waals surface area contributed by atoms with E-state index in [1.807, 2.05) is 18.2 Å². The molecule has 8 heteroatoms. The largest absolute Gasteiger partial charge is 0.483 e. The Kier molecular flexibility index (Phi) is 5.60. The molecule has 0 spiro atoms. The molecule has 0 bridgehead atoms. The monoisotopic (exact) mass is 388 g/mol. The van der Waals surface area contributed by atoms with E-state index in [-0.39, 0.29) is 17.4 Å². The van der Waals surface area contributed by atoms with Gasteiger partial charge in [0.05, 0.1) is 4.91 Å². The molecular weight excluding hydrogens is 376 g/mol. The second-order valence-electron chi connectivity index (χ2n) is 5.24. The average molecular weight is 389 g/mol. The highest BCUT2D eigenvalue weighted by Crippen LogP contribution is 2.30. The summed E-state index contributed by atoms with van der Waals surface area (Å²) in [5.74, 6) is -0.432. The molecule has 3 rings (SSSR count). The molecular formula is C18H13ClN2O4S. The van der Waals surface area contributed by atoms with E-state index in [0.717, 1.165) is 11.8 Å². The number of carbonyl (C=O) groups is 3. The fraction of sp³-hybridized carbons (Fsp3) is 0.0556. The maximum absolute atomic E-state index is 12.0. The third kappa shape index (κ3) is 4.65. The van der Waals surface area contributed by atoms with Crippen molar-refractivity contribution in [1.82, 2.24) is 5.32 Å². The number of nitrogens with one attached hydrogen (secondary N) is 2. The van der Waals surface area contributed by atoms with E-state index < -0.39 is 11.1 Å². The highest BCUT2D eigenvalue weighted by Gasteiger charge is 2.25. The summed E-state index contributed by atoms with van der Waals surface area (Å²) in [6.07, 6.45) is 1.50. The van der Waals surface area contributed by atoms with Crippen molar-refractivity contribution in [3.8, 4) is 5.75 Å². The molecule has 0 saturated carbocycles. The van der Waals surface area contributed by atoms with Crippen molar-refractivity contribution in [3.63, 3.8) is 0 Å². The van der Waals surface area contributed by atoms with Crippen molar-refractivity contribution in [3.05, 3.63) is 64.0 Å². The van der Waals surface area contributed by atoms with Crippen molar-refractivity contribution in [2.45, 2.75) is 0 Å². The molecule has 1 saturated heterocycles. The van der Waals surface area contributed by atoms with Crippen LogP contribution in [0.2, 0.25) is 5.02 Å². The fourth-order valence-corrected chi connectivity index (χ4v) is 3.04. The highest BCUT2D eigenvalue weighted by molar-refractivity contribution is 8.18. The molecule has 2 aromatic carbocycles. The second kappa shape index (κ2) is 8.07. The molecule has 0 atom stereocenters. The molecule has 1 aliphatic rings. The summed E-state index contributed by atoms with van der Waals surface area (Å²) in [4.78, 5) is 35.2. The molecule has 1 heterocycles. The third-order valence-corrected chi connectivity index (χ3v) is 4.36. The van der Waals surface area contributed by atoms with E-state index in [4.69, 9.17) is 16.3 Å². The molecule has 2 aromatic rings. The summed E-state index contributed by atoms with van der Waals surface area (Å²) in [7, 11) is 0. The van der Waals surface area contributed by atoms with Crippen LogP contribution in [0.3, 0.4) is 0 Å². The summed E-state index contributed by atoms with van der Waals surface area (Å²) in [5.41, 5.74) is 1.16. The molecule has 26 heavy (non-hydrogen) atoms. The Morgan fingerprint density at radius 2 is 1.96 bits per heavy atom. The van der Waals surface area contributed by atoms with Gasteiger partial charge in [-0.3, -0.25) is 19.7 Å². The maximum Gasteiger partial charge on any atom is 0.290 e. The van der Waals surface area contributed by atoms with E-state index in [2.05, 4.69) is 10.6 Å². The summed E-state index contributed by atoms with van der Waals surface area (Å²) >= 11 is 6.79. The van der Waals surface area contributed by atoms with Gasteiger partial charge >= 0.3 is 0 Å². The number of ether oxygens (including phenoxy) is 1. The van der Waals surface area contributed by atoms with E-state index in [0.29, 0.717) is 22.0 Å². The van der Waals surface area contributed by atoms with Gasteiger partial charge in [-0.25, -0.2) is 0 Å². The third-order valence-electron chi connectivity index (χ3n) is 3.32. The average Bonchev–Trinajstić information content (AvgIpc) is 2.92. The standard InChI is InChI=1S/C18H13ClN2O4S/c19-12-6-7-14(11(8-12)9-15-17(23)21-18(24)26-15)25-10-16(22)20-13-4-2-1-3-5-13/h1-9H,10H2,(H,20,22)(H,21,23,24)/b15-9-. The number of imide groups is 1. The van der Waals surface area contributed by atoms with Gasteiger partial charge in [0.25, 0.3) is 17.1 Å². The van der Waals surface area contributed by atoms with Crippen LogP contribution in [0.25, 0.3) is 6.08 Å². The van der Waals surface area contributed by atoms with Crippen LogP contribution in [0.15, 0.2) is 53.4 Å². The fourth-order valence-electron chi connectivity index (χ4n) is 2.19. The number of amides is 3. The highest BCUT2D eigenvalue weighted by atomic mass is 35.5. The maximum atomic E-state index is 12.0. The van der Waals surface area contributed by atoms with Crippen LogP contribution in [0.5, 0.6) is 5.75 Å². The van der Waals surface area contributed by atoms with Gasteiger partial charge in [0.1, 0.15) is 5.75 Å². The van der Waals surface area contributed by atoms with Crippen LogP contribution in [0.4, 0.5) is 10.5 Å². The van der Waals surface area contributed by atoms with Crippen LogP contribution in [0.1, 0.15) is 5.56 Å². The summed E-state index contributed by atoms with van der Waals surface area (Å²) in [6, 6.07) is 13.8. The summed E-state index contributed by atoms with van der Waals surface area (Å²) in [6.45, 7) is -0.217. The lowest BCUT2D eigenvalue weighted by molar-refractivity contribution is -0.118. The van der Waals surface area contributed by atoms with Gasteiger partial charge in [-0.15, -0.1) is 0 Å². The number of rotatable bonds is 5. The Balaban J connectivity index is 1.72. The molecule has 3 amide bonds. The molecule has 1 aliphatic heterocycles. The normalized spacial score (nSPS) is 15.0. The SMILES string of the molecule is O=C(COc1ccc(Cl)cc1/C=C1\SC(=O)NC1=O)Nc1ccccc1. The number of carbonyl (C=O) groups excluding carboxylic acids is 3. The van der Waals surface area contributed by atoms with Gasteiger partial charge in [0.2, 0.25) is 0 Å². The van der Waals surface area contributed by atoms with Crippen LogP contribution in [-0.2, 0) is 9.59 Å². The van der Waals surface area contributed by atoms with Gasteiger partial charge in [0.15, 0.2) is 6.61 Å². The lowest BCUT2D eigenvalue weighted by atomic mass is 10.2. The van der Waals surface area contributed by atoms with Crippen molar-refractivity contribution < 1.29 is 19.1 Å². The molecule has 132 valence electrons. The van der Waals surface area contributed by atoms with Crippen molar-refractivity contribution >= 4 is 52.2 Å².